The molecule has 0 fully saturated rings. The van der Waals surface area contributed by atoms with Crippen molar-refractivity contribution in [1.82, 2.24) is 19.5 Å². The Labute approximate surface area is 111 Å². The van der Waals surface area contributed by atoms with Gasteiger partial charge in [0.15, 0.2) is 0 Å². The number of aromatic hydroxyl groups is 1. The van der Waals surface area contributed by atoms with Gasteiger partial charge in [0.25, 0.3) is 0 Å². The SMILES string of the molecule is CCn1cnnc1CNS(=O)(=O)c1ccc(O)cc1. The molecule has 1 aromatic heterocycles. The Morgan fingerprint density at radius 2 is 2.00 bits per heavy atom. The summed E-state index contributed by atoms with van der Waals surface area (Å²) in [6.45, 7) is 2.65. The van der Waals surface area contributed by atoms with Gasteiger partial charge < -0.3 is 9.67 Å². The average Bonchev–Trinajstić information content (AvgIpc) is 2.84. The minimum Gasteiger partial charge on any atom is -0.508 e. The number of nitrogens with one attached hydrogen (secondary N) is 1. The molecule has 1 heterocycles. The van der Waals surface area contributed by atoms with Gasteiger partial charge in [0, 0.05) is 6.54 Å². The van der Waals surface area contributed by atoms with Crippen molar-refractivity contribution in [2.24, 2.45) is 0 Å². The normalized spacial score (nSPS) is 11.6. The number of hydrogen-bond acceptors (Lipinski definition) is 5. The van der Waals surface area contributed by atoms with E-state index in [0.29, 0.717) is 12.4 Å². The van der Waals surface area contributed by atoms with E-state index in [9.17, 15) is 8.42 Å². The largest absolute Gasteiger partial charge is 0.508 e. The third-order valence-corrected chi connectivity index (χ3v) is 4.02. The topological polar surface area (TPSA) is 97.1 Å². The predicted octanol–water partition coefficient (Wildman–Crippen LogP) is 0.482. The van der Waals surface area contributed by atoms with Crippen LogP contribution < -0.4 is 4.72 Å². The van der Waals surface area contributed by atoms with Crippen LogP contribution in [-0.2, 0) is 23.1 Å². The van der Waals surface area contributed by atoms with E-state index >= 15 is 0 Å². The number of sulfonamides is 1. The van der Waals surface area contributed by atoms with Crippen LogP contribution >= 0.6 is 0 Å². The highest BCUT2D eigenvalue weighted by atomic mass is 32.2. The second kappa shape index (κ2) is 5.37. The van der Waals surface area contributed by atoms with Crippen LogP contribution in [0.3, 0.4) is 0 Å². The van der Waals surface area contributed by atoms with Gasteiger partial charge in [-0.1, -0.05) is 0 Å². The summed E-state index contributed by atoms with van der Waals surface area (Å²) in [6.07, 6.45) is 1.55. The lowest BCUT2D eigenvalue weighted by Gasteiger charge is -2.07. The summed E-state index contributed by atoms with van der Waals surface area (Å²) >= 11 is 0. The first-order valence-corrected chi connectivity index (χ1v) is 7.16. The van der Waals surface area contributed by atoms with Crippen molar-refractivity contribution in [2.75, 3.05) is 0 Å². The van der Waals surface area contributed by atoms with Gasteiger partial charge in [-0.25, -0.2) is 13.1 Å². The van der Waals surface area contributed by atoms with E-state index in [-0.39, 0.29) is 17.2 Å². The molecule has 2 rings (SSSR count). The zero-order valence-corrected chi connectivity index (χ0v) is 11.1. The summed E-state index contributed by atoms with van der Waals surface area (Å²) in [6, 6.07) is 5.32. The predicted molar refractivity (Wildman–Crippen MR) is 67.8 cm³/mol. The van der Waals surface area contributed by atoms with Crippen LogP contribution in [0.25, 0.3) is 0 Å². The highest BCUT2D eigenvalue weighted by molar-refractivity contribution is 7.89. The molecule has 1 aromatic carbocycles. The van der Waals surface area contributed by atoms with Crippen molar-refractivity contribution in [3.05, 3.63) is 36.4 Å². The van der Waals surface area contributed by atoms with E-state index in [2.05, 4.69) is 14.9 Å². The molecule has 2 N–H and O–H groups in total. The second-order valence-electron chi connectivity index (χ2n) is 3.85. The fourth-order valence-electron chi connectivity index (χ4n) is 1.55. The number of phenolic OH excluding ortho intramolecular Hbond substituents is 1. The van der Waals surface area contributed by atoms with Gasteiger partial charge in [-0.05, 0) is 31.2 Å². The third kappa shape index (κ3) is 3.09. The summed E-state index contributed by atoms with van der Waals surface area (Å²) in [7, 11) is -3.62. The van der Waals surface area contributed by atoms with Gasteiger partial charge in [-0.2, -0.15) is 0 Å². The number of aromatic nitrogens is 3. The van der Waals surface area contributed by atoms with Crippen molar-refractivity contribution in [3.8, 4) is 5.75 Å². The highest BCUT2D eigenvalue weighted by Crippen LogP contribution is 2.14. The molecule has 0 aliphatic heterocycles. The van der Waals surface area contributed by atoms with Crippen LogP contribution in [0.1, 0.15) is 12.7 Å². The van der Waals surface area contributed by atoms with E-state index in [1.165, 1.54) is 24.3 Å². The quantitative estimate of drug-likeness (QED) is 0.831. The summed E-state index contributed by atoms with van der Waals surface area (Å²) in [5.41, 5.74) is 0. The Balaban J connectivity index is 2.12. The molecule has 0 amide bonds. The van der Waals surface area contributed by atoms with Crippen LogP contribution in [0, 0.1) is 0 Å². The van der Waals surface area contributed by atoms with Crippen LogP contribution in [-0.4, -0.2) is 28.3 Å². The fourth-order valence-corrected chi connectivity index (χ4v) is 2.53. The maximum atomic E-state index is 12.0. The first-order valence-electron chi connectivity index (χ1n) is 5.68. The van der Waals surface area contributed by atoms with Crippen LogP contribution in [0.4, 0.5) is 0 Å². The Bertz CT molecular complexity index is 649. The summed E-state index contributed by atoms with van der Waals surface area (Å²) in [5.74, 6) is 0.564. The molecule has 0 saturated carbocycles. The van der Waals surface area contributed by atoms with Crippen molar-refractivity contribution < 1.29 is 13.5 Å². The van der Waals surface area contributed by atoms with E-state index in [1.54, 1.807) is 10.9 Å². The molecule has 0 aliphatic carbocycles. The van der Waals surface area contributed by atoms with Gasteiger partial charge in [0.05, 0.1) is 11.4 Å². The smallest absolute Gasteiger partial charge is 0.240 e. The molecule has 102 valence electrons. The van der Waals surface area contributed by atoms with E-state index in [4.69, 9.17) is 5.11 Å². The van der Waals surface area contributed by atoms with Crippen LogP contribution in [0.5, 0.6) is 5.75 Å². The van der Waals surface area contributed by atoms with E-state index in [0.717, 1.165) is 0 Å². The maximum Gasteiger partial charge on any atom is 0.240 e. The minimum atomic E-state index is -3.62. The van der Waals surface area contributed by atoms with Crippen molar-refractivity contribution in [1.29, 1.82) is 0 Å². The molecule has 2 aromatic rings. The number of nitrogens with zero attached hydrogens (tertiary/aromatic N) is 3. The fraction of sp³-hybridized carbons (Fsp3) is 0.273. The Morgan fingerprint density at radius 3 is 2.63 bits per heavy atom. The molecule has 0 spiro atoms. The third-order valence-electron chi connectivity index (χ3n) is 2.60. The van der Waals surface area contributed by atoms with Gasteiger partial charge in [-0.15, -0.1) is 10.2 Å². The molecular weight excluding hydrogens is 268 g/mol. The number of hydrogen-bond donors (Lipinski definition) is 2. The molecule has 8 heteroatoms. The molecule has 0 unspecified atom stereocenters. The first kappa shape index (κ1) is 13.5. The first-order chi connectivity index (χ1) is 9.03. The summed E-state index contributed by atoms with van der Waals surface area (Å²) in [4.78, 5) is 0.0906. The van der Waals surface area contributed by atoms with Crippen molar-refractivity contribution in [3.63, 3.8) is 0 Å². The van der Waals surface area contributed by atoms with Crippen molar-refractivity contribution >= 4 is 10.0 Å². The monoisotopic (exact) mass is 282 g/mol. The second-order valence-corrected chi connectivity index (χ2v) is 5.62. The molecule has 0 radical (unpaired) electrons. The number of aryl methyl sites for hydroxylation is 1. The van der Waals surface area contributed by atoms with E-state index in [1.807, 2.05) is 6.92 Å². The minimum absolute atomic E-state index is 0.0182. The highest BCUT2D eigenvalue weighted by Gasteiger charge is 2.15. The number of rotatable bonds is 5. The lowest BCUT2D eigenvalue weighted by molar-refractivity contribution is 0.474. The van der Waals surface area contributed by atoms with Gasteiger partial charge in [-0.3, -0.25) is 0 Å². The Hall–Kier alpha value is -1.93. The average molecular weight is 282 g/mol. The molecule has 7 nitrogen and oxygen atoms in total. The Morgan fingerprint density at radius 1 is 1.32 bits per heavy atom. The standard InChI is InChI=1S/C11H14N4O3S/c1-2-15-8-12-14-11(15)7-13-19(17,18)10-5-3-9(16)4-6-10/h3-6,8,13,16H,2,7H2,1H3. The molecule has 0 bridgehead atoms. The summed E-state index contributed by atoms with van der Waals surface area (Å²) < 4.78 is 28.2. The maximum absolute atomic E-state index is 12.0. The van der Waals surface area contributed by atoms with Gasteiger partial charge in [0.2, 0.25) is 10.0 Å². The van der Waals surface area contributed by atoms with Crippen molar-refractivity contribution in [2.45, 2.75) is 24.9 Å². The lowest BCUT2D eigenvalue weighted by Crippen LogP contribution is -2.25. The van der Waals surface area contributed by atoms with Gasteiger partial charge in [0.1, 0.15) is 17.9 Å². The lowest BCUT2D eigenvalue weighted by atomic mass is 10.3. The van der Waals surface area contributed by atoms with Crippen LogP contribution in [0.2, 0.25) is 0 Å². The number of phenols is 1. The molecule has 0 atom stereocenters. The molecule has 19 heavy (non-hydrogen) atoms. The van der Waals surface area contributed by atoms with Crippen LogP contribution in [0.15, 0.2) is 35.5 Å². The Kier molecular flexibility index (Phi) is 3.82. The zero-order valence-electron chi connectivity index (χ0n) is 10.3. The van der Waals surface area contributed by atoms with Gasteiger partial charge >= 0.3 is 0 Å². The molecular formula is C11H14N4O3S. The number of benzene rings is 1. The zero-order chi connectivity index (χ0) is 13.9. The molecule has 0 aliphatic rings. The van der Waals surface area contributed by atoms with E-state index < -0.39 is 10.0 Å². The summed E-state index contributed by atoms with van der Waals surface area (Å²) in [5, 5.41) is 16.7. The molecule has 0 saturated heterocycles.